The van der Waals surface area contributed by atoms with E-state index < -0.39 is 0 Å². The molecule has 0 bridgehead atoms. The van der Waals surface area contributed by atoms with Gasteiger partial charge in [-0.3, -0.25) is 0 Å². The zero-order chi connectivity index (χ0) is 12.3. The van der Waals surface area contributed by atoms with Crippen LogP contribution in [-0.2, 0) is 0 Å². The summed E-state index contributed by atoms with van der Waals surface area (Å²) in [6.07, 6.45) is 0. The number of hydrogen-bond donors (Lipinski definition) is 1. The average Bonchev–Trinajstić information content (AvgIpc) is 2.90. The maximum Gasteiger partial charge on any atom is 0.165 e. The van der Waals surface area contributed by atoms with Crippen molar-refractivity contribution in [3.63, 3.8) is 0 Å². The molecule has 3 nitrogen and oxygen atoms in total. The van der Waals surface area contributed by atoms with Gasteiger partial charge in [0.15, 0.2) is 11.5 Å². The minimum absolute atomic E-state index is 0. The first-order valence-electron chi connectivity index (χ1n) is 5.27. The van der Waals surface area contributed by atoms with E-state index in [-0.39, 0.29) is 18.4 Å². The minimum Gasteiger partial charge on any atom is -0.493 e. The second kappa shape index (κ2) is 6.64. The van der Waals surface area contributed by atoms with E-state index >= 15 is 0 Å². The van der Waals surface area contributed by atoms with E-state index in [9.17, 15) is 0 Å². The van der Waals surface area contributed by atoms with Crippen molar-refractivity contribution in [2.45, 2.75) is 6.04 Å². The van der Waals surface area contributed by atoms with Crippen molar-refractivity contribution in [1.29, 1.82) is 0 Å². The van der Waals surface area contributed by atoms with E-state index in [0.717, 1.165) is 10.4 Å². The van der Waals surface area contributed by atoms with Crippen LogP contribution >= 0.6 is 23.7 Å². The maximum atomic E-state index is 6.24. The van der Waals surface area contributed by atoms with Crippen LogP contribution in [0.5, 0.6) is 11.5 Å². The Labute approximate surface area is 117 Å². The summed E-state index contributed by atoms with van der Waals surface area (Å²) in [5.74, 6) is 1.41. The highest BCUT2D eigenvalue weighted by atomic mass is 35.5. The van der Waals surface area contributed by atoms with E-state index in [2.05, 4.69) is 0 Å². The molecule has 1 aromatic heterocycles. The van der Waals surface area contributed by atoms with Gasteiger partial charge in [0.1, 0.15) is 0 Å². The largest absolute Gasteiger partial charge is 0.493 e. The molecule has 0 spiro atoms. The molecular formula is C13H16ClNO2S. The molecule has 0 saturated carbocycles. The molecule has 2 rings (SSSR count). The lowest BCUT2D eigenvalue weighted by atomic mass is 10.0. The van der Waals surface area contributed by atoms with Gasteiger partial charge in [-0.1, -0.05) is 18.2 Å². The van der Waals surface area contributed by atoms with E-state index in [1.54, 1.807) is 25.6 Å². The summed E-state index contributed by atoms with van der Waals surface area (Å²) in [7, 11) is 3.25. The third-order valence-corrected chi connectivity index (χ3v) is 3.57. The molecule has 1 heterocycles. The molecule has 1 atom stereocenters. The van der Waals surface area contributed by atoms with Crippen LogP contribution in [0.2, 0.25) is 0 Å². The van der Waals surface area contributed by atoms with Crippen molar-refractivity contribution in [3.05, 3.63) is 46.2 Å². The van der Waals surface area contributed by atoms with Gasteiger partial charge in [0, 0.05) is 10.4 Å². The van der Waals surface area contributed by atoms with Crippen LogP contribution in [-0.4, -0.2) is 14.2 Å². The maximum absolute atomic E-state index is 6.24. The predicted octanol–water partition coefficient (Wildman–Crippen LogP) is 3.24. The van der Waals surface area contributed by atoms with Crippen LogP contribution in [0.3, 0.4) is 0 Å². The fraction of sp³-hybridized carbons (Fsp3) is 0.231. The van der Waals surface area contributed by atoms with Crippen LogP contribution < -0.4 is 15.2 Å². The van der Waals surface area contributed by atoms with Crippen LogP contribution in [0.25, 0.3) is 0 Å². The van der Waals surface area contributed by atoms with Crippen molar-refractivity contribution >= 4 is 23.7 Å². The predicted molar refractivity (Wildman–Crippen MR) is 77.1 cm³/mol. The number of benzene rings is 1. The van der Waals surface area contributed by atoms with Crippen LogP contribution in [0, 0.1) is 0 Å². The van der Waals surface area contributed by atoms with Gasteiger partial charge in [0.25, 0.3) is 0 Å². The first-order chi connectivity index (χ1) is 8.27. The van der Waals surface area contributed by atoms with Crippen molar-refractivity contribution < 1.29 is 9.47 Å². The number of hydrogen-bond acceptors (Lipinski definition) is 4. The Balaban J connectivity index is 0.00000162. The van der Waals surface area contributed by atoms with E-state index in [4.69, 9.17) is 15.2 Å². The molecule has 0 fully saturated rings. The highest BCUT2D eigenvalue weighted by Crippen LogP contribution is 2.36. The minimum atomic E-state index is -0.181. The SMILES string of the molecule is COc1cccc([C@@H](N)c2cccs2)c1OC.Cl. The first-order valence-corrected chi connectivity index (χ1v) is 6.15. The van der Waals surface area contributed by atoms with Crippen LogP contribution in [0.15, 0.2) is 35.7 Å². The van der Waals surface area contributed by atoms with E-state index in [1.165, 1.54) is 0 Å². The standard InChI is InChI=1S/C13H15NO2S.ClH/c1-15-10-6-3-5-9(13(10)16-2)12(14)11-7-4-8-17-11;/h3-8,12H,14H2,1-2H3;1H/t12-;/m1./s1. The fourth-order valence-corrected chi connectivity index (χ4v) is 2.52. The lowest BCUT2D eigenvalue weighted by molar-refractivity contribution is 0.350. The Morgan fingerprint density at radius 3 is 2.44 bits per heavy atom. The molecule has 0 aliphatic rings. The smallest absolute Gasteiger partial charge is 0.165 e. The van der Waals surface area contributed by atoms with Gasteiger partial charge < -0.3 is 15.2 Å². The number of nitrogens with two attached hydrogens (primary N) is 1. The Morgan fingerprint density at radius 2 is 1.89 bits per heavy atom. The van der Waals surface area contributed by atoms with Gasteiger partial charge in [-0.2, -0.15) is 0 Å². The van der Waals surface area contributed by atoms with Gasteiger partial charge in [-0.25, -0.2) is 0 Å². The summed E-state index contributed by atoms with van der Waals surface area (Å²) in [6.45, 7) is 0. The highest BCUT2D eigenvalue weighted by molar-refractivity contribution is 7.10. The lowest BCUT2D eigenvalue weighted by Gasteiger charge is -2.16. The number of methoxy groups -OCH3 is 2. The Kier molecular flexibility index (Phi) is 5.47. The Morgan fingerprint density at radius 1 is 1.11 bits per heavy atom. The highest BCUT2D eigenvalue weighted by Gasteiger charge is 2.17. The Hall–Kier alpha value is -1.23. The number of halogens is 1. The van der Waals surface area contributed by atoms with E-state index in [1.807, 2.05) is 35.7 Å². The second-order valence-electron chi connectivity index (χ2n) is 3.58. The average molecular weight is 286 g/mol. The molecule has 5 heteroatoms. The molecule has 18 heavy (non-hydrogen) atoms. The quantitative estimate of drug-likeness (QED) is 0.938. The number of rotatable bonds is 4. The van der Waals surface area contributed by atoms with E-state index in [0.29, 0.717) is 11.5 Å². The topological polar surface area (TPSA) is 44.5 Å². The molecule has 0 amide bonds. The van der Waals surface area contributed by atoms with Crippen LogP contribution in [0.4, 0.5) is 0 Å². The number of para-hydroxylation sites is 1. The van der Waals surface area contributed by atoms with Gasteiger partial charge in [-0.15, -0.1) is 23.7 Å². The van der Waals surface area contributed by atoms with Crippen LogP contribution in [0.1, 0.15) is 16.5 Å². The van der Waals surface area contributed by atoms with Gasteiger partial charge >= 0.3 is 0 Å². The summed E-state index contributed by atoms with van der Waals surface area (Å²) < 4.78 is 10.7. The summed E-state index contributed by atoms with van der Waals surface area (Å²) in [6, 6.07) is 9.58. The molecule has 0 saturated heterocycles. The molecule has 0 aliphatic heterocycles. The summed E-state index contributed by atoms with van der Waals surface area (Å²) in [5, 5.41) is 2.02. The molecule has 0 aliphatic carbocycles. The summed E-state index contributed by atoms with van der Waals surface area (Å²) in [4.78, 5) is 1.11. The van der Waals surface area contributed by atoms with Crippen molar-refractivity contribution in [1.82, 2.24) is 0 Å². The van der Waals surface area contributed by atoms with Crippen molar-refractivity contribution in [2.75, 3.05) is 14.2 Å². The zero-order valence-corrected chi connectivity index (χ0v) is 11.9. The fourth-order valence-electron chi connectivity index (χ4n) is 1.78. The molecule has 0 radical (unpaired) electrons. The van der Waals surface area contributed by atoms with Gasteiger partial charge in [-0.05, 0) is 17.5 Å². The molecule has 2 N–H and O–H groups in total. The van der Waals surface area contributed by atoms with Crippen molar-refractivity contribution in [3.8, 4) is 11.5 Å². The molecule has 98 valence electrons. The molecular weight excluding hydrogens is 270 g/mol. The number of thiophene rings is 1. The lowest BCUT2D eigenvalue weighted by Crippen LogP contribution is -2.12. The number of ether oxygens (including phenoxy) is 2. The summed E-state index contributed by atoms with van der Waals surface area (Å²) >= 11 is 1.64. The molecule has 1 aromatic carbocycles. The second-order valence-corrected chi connectivity index (χ2v) is 4.56. The Bertz CT molecular complexity index is 488. The first kappa shape index (κ1) is 14.8. The third kappa shape index (κ3) is 2.77. The van der Waals surface area contributed by atoms with Crippen molar-refractivity contribution in [2.24, 2.45) is 5.73 Å². The zero-order valence-electron chi connectivity index (χ0n) is 10.3. The third-order valence-electron chi connectivity index (χ3n) is 2.62. The van der Waals surface area contributed by atoms with Gasteiger partial charge in [0.2, 0.25) is 0 Å². The van der Waals surface area contributed by atoms with Gasteiger partial charge in [0.05, 0.1) is 20.3 Å². The summed E-state index contributed by atoms with van der Waals surface area (Å²) in [5.41, 5.74) is 7.17. The molecule has 2 aromatic rings. The normalized spacial score (nSPS) is 11.5. The monoisotopic (exact) mass is 285 g/mol. The molecule has 0 unspecified atom stereocenters.